The zero-order valence-electron chi connectivity index (χ0n) is 25.9. The number of amides is 2. The predicted molar refractivity (Wildman–Crippen MR) is 174 cm³/mol. The van der Waals surface area contributed by atoms with Crippen molar-refractivity contribution in [3.8, 4) is 0 Å². The molecule has 5 aliphatic rings. The normalized spacial score (nSPS) is 31.4. The molecule has 2 heterocycles. The molecule has 1 saturated heterocycles. The second-order valence-corrected chi connectivity index (χ2v) is 14.7. The van der Waals surface area contributed by atoms with E-state index in [4.69, 9.17) is 9.47 Å². The molecule has 10 heteroatoms. The first-order valence-corrected chi connectivity index (χ1v) is 17.3. The molecule has 4 saturated carbocycles. The van der Waals surface area contributed by atoms with Gasteiger partial charge in [0.05, 0.1) is 24.4 Å². The summed E-state index contributed by atoms with van der Waals surface area (Å²) in [5.74, 6) is 1.59. The summed E-state index contributed by atoms with van der Waals surface area (Å²) >= 11 is 1.35. The highest BCUT2D eigenvalue weighted by Gasteiger charge is 2.51. The smallest absolute Gasteiger partial charge is 0.338 e. The Hall–Kier alpha value is -3.44. The van der Waals surface area contributed by atoms with Crippen molar-refractivity contribution in [2.24, 2.45) is 23.7 Å². The van der Waals surface area contributed by atoms with E-state index in [-0.39, 0.29) is 41.9 Å². The van der Waals surface area contributed by atoms with E-state index < -0.39 is 12.3 Å². The molecule has 1 aromatic heterocycles. The van der Waals surface area contributed by atoms with Gasteiger partial charge in [0.15, 0.2) is 6.29 Å². The first-order chi connectivity index (χ1) is 22.3. The molecule has 2 amide bonds. The maximum Gasteiger partial charge on any atom is 0.338 e. The summed E-state index contributed by atoms with van der Waals surface area (Å²) in [5.41, 5.74) is 3.29. The van der Waals surface area contributed by atoms with E-state index in [1.54, 1.807) is 18.3 Å². The molecular formula is C36H41N3O6S. The van der Waals surface area contributed by atoms with Gasteiger partial charge in [-0.15, -0.1) is 11.8 Å². The number of hydrogen-bond donors (Lipinski definition) is 4. The average molecular weight is 644 g/mol. The van der Waals surface area contributed by atoms with Gasteiger partial charge < -0.3 is 30.3 Å². The Kier molecular flexibility index (Phi) is 8.80. The lowest BCUT2D eigenvalue weighted by molar-refractivity contribution is -0.268. The Labute approximate surface area is 273 Å². The molecule has 4 aliphatic carbocycles. The molecule has 4 atom stereocenters. The van der Waals surface area contributed by atoms with Crippen molar-refractivity contribution < 1.29 is 29.3 Å². The highest BCUT2D eigenvalue weighted by Crippen LogP contribution is 2.55. The van der Waals surface area contributed by atoms with Gasteiger partial charge in [-0.1, -0.05) is 43.3 Å². The fraction of sp³-hybridized carbons (Fsp3) is 0.472. The molecule has 1 aliphatic heterocycles. The summed E-state index contributed by atoms with van der Waals surface area (Å²) in [5, 5.41) is 26.1. The van der Waals surface area contributed by atoms with Gasteiger partial charge in [0.2, 0.25) is 0 Å². The van der Waals surface area contributed by atoms with Gasteiger partial charge in [-0.05, 0) is 91.7 Å². The summed E-state index contributed by atoms with van der Waals surface area (Å²) in [6.07, 6.45) is 7.46. The Balaban J connectivity index is 1.09. The molecule has 4 N–H and O–H groups in total. The van der Waals surface area contributed by atoms with Crippen LogP contribution in [0.15, 0.2) is 71.9 Å². The van der Waals surface area contributed by atoms with Crippen LogP contribution in [0.5, 0.6) is 0 Å². The summed E-state index contributed by atoms with van der Waals surface area (Å²) in [4.78, 5) is 29.4. The third-order valence-electron chi connectivity index (χ3n) is 10.3. The van der Waals surface area contributed by atoms with Gasteiger partial charge in [-0.25, -0.2) is 14.6 Å². The van der Waals surface area contributed by atoms with Crippen LogP contribution in [0, 0.1) is 23.7 Å². The van der Waals surface area contributed by atoms with Crippen molar-refractivity contribution in [3.05, 3.63) is 89.1 Å². The lowest BCUT2D eigenvalue weighted by atomic mass is 9.53. The largest absolute Gasteiger partial charge is 0.478 e. The van der Waals surface area contributed by atoms with Crippen LogP contribution < -0.4 is 10.6 Å². The van der Waals surface area contributed by atoms with Crippen molar-refractivity contribution in [1.29, 1.82) is 0 Å². The standard InChI is InChI=1S/C36H41N3O6S/c1-21-30(20-46-32-29(33(41)42)6-3-11-37-32)44-34(45-31(21)26-9-7-22(19-40)8-10-26)27-4-2-5-28(15-27)38-35(43)39-36-16-23-12-24(17-36)14-25(13-23)18-36/h2-11,15,21,23-25,30-31,34,40H,12-14,16-20H2,1H3,(H,41,42)(H2,38,39,43)/t21-,23?,24?,25?,30+,31+,34+,36?/m0/s1. The molecule has 8 rings (SSSR count). The SMILES string of the molecule is C[C@H]1[C@@H](CSc2ncccc2C(=O)O)O[C@@H](c2cccc(NC(=O)NC34CC5CC(CC(C5)C3)C4)c2)O[C@H]1c1ccc(CO)cc1. The van der Waals surface area contributed by atoms with E-state index in [0.29, 0.717) is 16.5 Å². The number of rotatable bonds is 9. The topological polar surface area (TPSA) is 130 Å². The molecule has 5 fully saturated rings. The van der Waals surface area contributed by atoms with Crippen LogP contribution in [0.1, 0.15) is 84.9 Å². The van der Waals surface area contributed by atoms with Crippen molar-refractivity contribution in [1.82, 2.24) is 10.3 Å². The number of thioether (sulfide) groups is 1. The number of carboxylic acids is 1. The molecule has 0 spiro atoms. The number of nitrogens with one attached hydrogen (secondary N) is 2. The average Bonchev–Trinajstić information content (AvgIpc) is 3.03. The number of carboxylic acid groups (broad SMARTS) is 1. The van der Waals surface area contributed by atoms with E-state index in [1.165, 1.54) is 31.0 Å². The van der Waals surface area contributed by atoms with Crippen LogP contribution in [0.4, 0.5) is 10.5 Å². The third-order valence-corrected chi connectivity index (χ3v) is 11.4. The van der Waals surface area contributed by atoms with Crippen molar-refractivity contribution in [2.75, 3.05) is 11.1 Å². The number of aliphatic hydroxyl groups excluding tert-OH is 1. The fourth-order valence-electron chi connectivity index (χ4n) is 8.57. The predicted octanol–water partition coefficient (Wildman–Crippen LogP) is 6.95. The maximum atomic E-state index is 13.3. The Morgan fingerprint density at radius 2 is 1.67 bits per heavy atom. The second kappa shape index (κ2) is 13.0. The summed E-state index contributed by atoms with van der Waals surface area (Å²) < 4.78 is 13.2. The molecule has 0 radical (unpaired) electrons. The molecule has 4 bridgehead atoms. The number of benzene rings is 2. The molecule has 242 valence electrons. The minimum absolute atomic E-state index is 0.0431. The van der Waals surface area contributed by atoms with E-state index in [1.807, 2.05) is 48.5 Å². The number of nitrogens with zero attached hydrogens (tertiary/aromatic N) is 1. The van der Waals surface area contributed by atoms with Crippen LogP contribution >= 0.6 is 11.8 Å². The van der Waals surface area contributed by atoms with Crippen LogP contribution in [0.2, 0.25) is 0 Å². The van der Waals surface area contributed by atoms with E-state index in [9.17, 15) is 19.8 Å². The van der Waals surface area contributed by atoms with Crippen molar-refractivity contribution >= 4 is 29.4 Å². The van der Waals surface area contributed by atoms with Crippen LogP contribution in [-0.4, -0.2) is 44.6 Å². The molecule has 46 heavy (non-hydrogen) atoms. The van der Waals surface area contributed by atoms with Gasteiger partial charge in [0.1, 0.15) is 5.03 Å². The number of urea groups is 1. The summed E-state index contributed by atoms with van der Waals surface area (Å²) in [6.45, 7) is 2.02. The highest BCUT2D eigenvalue weighted by molar-refractivity contribution is 7.99. The molecule has 9 nitrogen and oxygen atoms in total. The molecule has 0 unspecified atom stereocenters. The number of aliphatic hydroxyl groups is 1. The van der Waals surface area contributed by atoms with Crippen LogP contribution in [0.25, 0.3) is 0 Å². The minimum atomic E-state index is -1.02. The maximum absolute atomic E-state index is 13.3. The van der Waals surface area contributed by atoms with E-state index in [0.717, 1.165) is 53.7 Å². The Morgan fingerprint density at radius 1 is 0.957 bits per heavy atom. The summed E-state index contributed by atoms with van der Waals surface area (Å²) in [6, 6.07) is 18.3. The number of ether oxygens (including phenoxy) is 2. The van der Waals surface area contributed by atoms with Gasteiger partial charge >= 0.3 is 12.0 Å². The molecule has 2 aromatic carbocycles. The van der Waals surface area contributed by atoms with Crippen molar-refractivity contribution in [3.63, 3.8) is 0 Å². The number of carbonyl (C=O) groups excluding carboxylic acids is 1. The Morgan fingerprint density at radius 3 is 2.35 bits per heavy atom. The number of anilines is 1. The first-order valence-electron chi connectivity index (χ1n) is 16.3. The summed E-state index contributed by atoms with van der Waals surface area (Å²) in [7, 11) is 0. The molecule has 3 aromatic rings. The number of aromatic carboxylic acids is 1. The van der Waals surface area contributed by atoms with Gasteiger partial charge in [-0.3, -0.25) is 0 Å². The van der Waals surface area contributed by atoms with E-state index in [2.05, 4.69) is 22.5 Å². The highest BCUT2D eigenvalue weighted by atomic mass is 32.2. The minimum Gasteiger partial charge on any atom is -0.478 e. The third kappa shape index (κ3) is 6.53. The van der Waals surface area contributed by atoms with E-state index >= 15 is 0 Å². The monoisotopic (exact) mass is 643 g/mol. The number of pyridine rings is 1. The quantitative estimate of drug-likeness (QED) is 0.185. The fourth-order valence-corrected chi connectivity index (χ4v) is 9.72. The number of aromatic nitrogens is 1. The van der Waals surface area contributed by atoms with Gasteiger partial charge in [-0.2, -0.15) is 0 Å². The molecular weight excluding hydrogens is 602 g/mol. The number of hydrogen-bond acceptors (Lipinski definition) is 7. The van der Waals surface area contributed by atoms with Gasteiger partial charge in [0.25, 0.3) is 0 Å². The van der Waals surface area contributed by atoms with Crippen molar-refractivity contribution in [2.45, 2.75) is 81.1 Å². The van der Waals surface area contributed by atoms with Crippen LogP contribution in [-0.2, 0) is 16.1 Å². The Bertz CT molecular complexity index is 1550. The van der Waals surface area contributed by atoms with Gasteiger partial charge in [0, 0.05) is 34.7 Å². The lowest BCUT2D eigenvalue weighted by Crippen LogP contribution is -2.60. The van der Waals surface area contributed by atoms with Crippen LogP contribution in [0.3, 0.4) is 0 Å². The number of carbonyl (C=O) groups is 2. The zero-order chi connectivity index (χ0) is 31.8. The first kappa shape index (κ1) is 31.2. The second-order valence-electron chi connectivity index (χ2n) is 13.7. The lowest BCUT2D eigenvalue weighted by Gasteiger charge is -2.56. The zero-order valence-corrected chi connectivity index (χ0v) is 26.7.